The molecule has 0 bridgehead atoms. The zero-order valence-electron chi connectivity index (χ0n) is 16.0. The summed E-state index contributed by atoms with van der Waals surface area (Å²) in [6.07, 6.45) is 4.34. The van der Waals surface area contributed by atoms with E-state index in [1.54, 1.807) is 12.4 Å². The first-order valence-corrected chi connectivity index (χ1v) is 9.09. The van der Waals surface area contributed by atoms with Crippen molar-refractivity contribution >= 4 is 41.4 Å². The number of para-hydroxylation sites is 1. The van der Waals surface area contributed by atoms with Crippen LogP contribution in [0, 0.1) is 0 Å². The zero-order chi connectivity index (χ0) is 19.4. The van der Waals surface area contributed by atoms with Crippen LogP contribution in [0.4, 0.5) is 5.82 Å². The fourth-order valence-corrected chi connectivity index (χ4v) is 2.95. The maximum atomic E-state index is 5.95. The van der Waals surface area contributed by atoms with Crippen molar-refractivity contribution < 1.29 is 0 Å². The van der Waals surface area contributed by atoms with Gasteiger partial charge in [-0.25, -0.2) is 9.97 Å². The quantitative estimate of drug-likeness (QED) is 0.538. The molecular weight excluding hydrogens is 335 g/mol. The Kier molecular flexibility index (Phi) is 5.59. The number of allylic oxidation sites excluding steroid dienone is 1. The highest BCUT2D eigenvalue weighted by Crippen LogP contribution is 2.19. The first-order chi connectivity index (χ1) is 13.1. The van der Waals surface area contributed by atoms with Crippen LogP contribution in [0.25, 0.3) is 22.1 Å². The summed E-state index contributed by atoms with van der Waals surface area (Å²) in [5, 5.41) is 11.9. The Hall–Kier alpha value is -3.09. The number of rotatable bonds is 5. The molecule has 2 radical (unpaired) electrons. The third-order valence-electron chi connectivity index (χ3n) is 4.16. The van der Waals surface area contributed by atoms with Crippen molar-refractivity contribution in [2.45, 2.75) is 27.2 Å². The van der Waals surface area contributed by atoms with E-state index in [4.69, 9.17) is 7.85 Å². The summed E-state index contributed by atoms with van der Waals surface area (Å²) in [6, 6.07) is 8.06. The third-order valence-corrected chi connectivity index (χ3v) is 4.16. The summed E-state index contributed by atoms with van der Waals surface area (Å²) < 4.78 is 1.92. The lowest BCUT2D eigenvalue weighted by Crippen LogP contribution is -2.17. The standard InChI is InChI=1S/C18H17BN6.C2H6/c1-11(2)15-9-21-18-17(22-16(19)10-25(15)18)20-8-7-14-12-5-3-4-6-13(12)23-24-14;1-2/h3-6,9-10H,1,7-8H2,2H3,(H,20,22)(H,23,24);1-2H3. The predicted molar refractivity (Wildman–Crippen MR) is 113 cm³/mol. The lowest BCUT2D eigenvalue weighted by Gasteiger charge is -2.09. The van der Waals surface area contributed by atoms with Crippen molar-refractivity contribution in [3.63, 3.8) is 0 Å². The number of aromatic amines is 1. The highest BCUT2D eigenvalue weighted by Gasteiger charge is 2.11. The van der Waals surface area contributed by atoms with Gasteiger partial charge in [0.25, 0.3) is 0 Å². The van der Waals surface area contributed by atoms with Crippen LogP contribution in [0.2, 0.25) is 0 Å². The predicted octanol–water partition coefficient (Wildman–Crippen LogP) is 3.11. The number of nitrogens with one attached hydrogen (secondary N) is 2. The van der Waals surface area contributed by atoms with Crippen LogP contribution in [0.5, 0.6) is 0 Å². The van der Waals surface area contributed by atoms with E-state index in [1.165, 1.54) is 0 Å². The number of imidazole rings is 1. The van der Waals surface area contributed by atoms with Crippen LogP contribution in [-0.4, -0.2) is 39.0 Å². The van der Waals surface area contributed by atoms with Crippen molar-refractivity contribution in [3.8, 4) is 0 Å². The molecule has 0 fully saturated rings. The average molecular weight is 358 g/mol. The van der Waals surface area contributed by atoms with Crippen molar-refractivity contribution in [1.29, 1.82) is 0 Å². The smallest absolute Gasteiger partial charge is 0.180 e. The maximum absolute atomic E-state index is 5.95. The lowest BCUT2D eigenvalue weighted by atomic mass is 10.1. The Morgan fingerprint density at radius 1 is 1.30 bits per heavy atom. The zero-order valence-corrected chi connectivity index (χ0v) is 16.0. The number of hydrogen-bond acceptors (Lipinski definition) is 4. The van der Waals surface area contributed by atoms with E-state index in [0.29, 0.717) is 18.0 Å². The largest absolute Gasteiger partial charge is 0.367 e. The first kappa shape index (κ1) is 18.7. The SMILES string of the molecule is CC.[B]c1cn2c(C(=C)C)cnc2c(NCCc2[nH]nc3ccccc23)n1. The van der Waals surface area contributed by atoms with E-state index in [9.17, 15) is 0 Å². The molecular formula is C20H23BN6. The van der Waals surface area contributed by atoms with Crippen molar-refractivity contribution in [3.05, 3.63) is 54.6 Å². The van der Waals surface area contributed by atoms with Gasteiger partial charge in [0.05, 0.1) is 17.4 Å². The number of nitrogens with zero attached hydrogens (tertiary/aromatic N) is 4. The second kappa shape index (κ2) is 8.08. The van der Waals surface area contributed by atoms with Gasteiger partial charge in [-0.15, -0.1) is 0 Å². The molecule has 0 aliphatic heterocycles. The number of fused-ring (bicyclic) bond motifs is 2. The van der Waals surface area contributed by atoms with Crippen molar-refractivity contribution in [2.24, 2.45) is 0 Å². The van der Waals surface area contributed by atoms with E-state index in [0.717, 1.165) is 39.9 Å². The second-order valence-electron chi connectivity index (χ2n) is 6.03. The van der Waals surface area contributed by atoms with Gasteiger partial charge >= 0.3 is 0 Å². The highest BCUT2D eigenvalue weighted by atomic mass is 15.1. The summed E-state index contributed by atoms with van der Waals surface area (Å²) >= 11 is 0. The second-order valence-corrected chi connectivity index (χ2v) is 6.03. The lowest BCUT2D eigenvalue weighted by molar-refractivity contribution is 0.933. The Bertz CT molecular complexity index is 1080. The summed E-state index contributed by atoms with van der Waals surface area (Å²) in [4.78, 5) is 8.83. The molecule has 6 nitrogen and oxygen atoms in total. The van der Waals surface area contributed by atoms with Gasteiger partial charge in [-0.05, 0) is 18.6 Å². The molecule has 27 heavy (non-hydrogen) atoms. The maximum Gasteiger partial charge on any atom is 0.180 e. The molecule has 136 valence electrons. The number of anilines is 1. The Morgan fingerprint density at radius 2 is 2.07 bits per heavy atom. The summed E-state index contributed by atoms with van der Waals surface area (Å²) in [6.45, 7) is 10.6. The molecule has 4 rings (SSSR count). The van der Waals surface area contributed by atoms with E-state index in [-0.39, 0.29) is 0 Å². The average Bonchev–Trinajstić information content (AvgIpc) is 3.28. The molecule has 0 atom stereocenters. The van der Waals surface area contributed by atoms with Crippen LogP contribution in [0.3, 0.4) is 0 Å². The van der Waals surface area contributed by atoms with Crippen LogP contribution in [0.15, 0.2) is 43.2 Å². The van der Waals surface area contributed by atoms with Gasteiger partial charge in [-0.3, -0.25) is 9.50 Å². The molecule has 0 saturated carbocycles. The monoisotopic (exact) mass is 358 g/mol. The van der Waals surface area contributed by atoms with E-state index >= 15 is 0 Å². The first-order valence-electron chi connectivity index (χ1n) is 9.09. The molecule has 7 heteroatoms. The van der Waals surface area contributed by atoms with Gasteiger partial charge in [-0.1, -0.05) is 38.6 Å². The van der Waals surface area contributed by atoms with Crippen molar-refractivity contribution in [1.82, 2.24) is 24.6 Å². The molecule has 4 aromatic rings. The van der Waals surface area contributed by atoms with Crippen molar-refractivity contribution in [2.75, 3.05) is 11.9 Å². The van der Waals surface area contributed by atoms with Gasteiger partial charge in [0.1, 0.15) is 7.85 Å². The normalized spacial score (nSPS) is 10.6. The molecule has 0 spiro atoms. The van der Waals surface area contributed by atoms with E-state index < -0.39 is 0 Å². The molecule has 0 aliphatic carbocycles. The molecule has 2 N–H and O–H groups in total. The van der Waals surface area contributed by atoms with Gasteiger partial charge in [0.15, 0.2) is 11.5 Å². The fraction of sp³-hybridized carbons (Fsp3) is 0.250. The summed E-state index contributed by atoms with van der Waals surface area (Å²) in [5.74, 6) is 0.663. The minimum atomic E-state index is 0.433. The highest BCUT2D eigenvalue weighted by molar-refractivity contribution is 6.30. The van der Waals surface area contributed by atoms with Crippen LogP contribution >= 0.6 is 0 Å². The van der Waals surface area contributed by atoms with Gasteiger partial charge in [0, 0.05) is 35.8 Å². The molecule has 0 amide bonds. The van der Waals surface area contributed by atoms with Gasteiger partial charge < -0.3 is 5.32 Å². The number of benzene rings is 1. The topological polar surface area (TPSA) is 70.9 Å². The summed E-state index contributed by atoms with van der Waals surface area (Å²) in [5.41, 5.74) is 5.08. The third kappa shape index (κ3) is 3.72. The Morgan fingerprint density at radius 3 is 2.85 bits per heavy atom. The van der Waals surface area contributed by atoms with E-state index in [1.807, 2.05) is 43.4 Å². The number of aromatic nitrogens is 5. The summed E-state index contributed by atoms with van der Waals surface area (Å²) in [7, 11) is 5.95. The van der Waals surface area contributed by atoms with Gasteiger partial charge in [-0.2, -0.15) is 5.10 Å². The molecule has 3 heterocycles. The fourth-order valence-electron chi connectivity index (χ4n) is 2.95. The minimum Gasteiger partial charge on any atom is -0.367 e. The van der Waals surface area contributed by atoms with E-state index in [2.05, 4.69) is 38.1 Å². The molecule has 0 unspecified atom stereocenters. The number of hydrogen-bond donors (Lipinski definition) is 2. The molecule has 0 saturated heterocycles. The molecule has 0 aliphatic rings. The van der Waals surface area contributed by atoms with Crippen LogP contribution < -0.4 is 10.9 Å². The van der Waals surface area contributed by atoms with Gasteiger partial charge in [0.2, 0.25) is 0 Å². The number of H-pyrrole nitrogens is 1. The Balaban J connectivity index is 0.00000102. The minimum absolute atomic E-state index is 0.433. The Labute approximate surface area is 160 Å². The molecule has 3 aromatic heterocycles. The van der Waals surface area contributed by atoms with Crippen LogP contribution in [0.1, 0.15) is 32.2 Å². The molecule has 1 aromatic carbocycles. The van der Waals surface area contributed by atoms with Crippen LogP contribution in [-0.2, 0) is 6.42 Å².